The van der Waals surface area contributed by atoms with E-state index in [0.717, 1.165) is 11.3 Å². The quantitative estimate of drug-likeness (QED) is 0.902. The Morgan fingerprint density at radius 1 is 1.35 bits per heavy atom. The molecule has 0 aliphatic rings. The van der Waals surface area contributed by atoms with Crippen molar-refractivity contribution in [3.63, 3.8) is 0 Å². The summed E-state index contributed by atoms with van der Waals surface area (Å²) >= 11 is 7.23. The number of benzene rings is 1. The monoisotopic (exact) mass is 309 g/mol. The van der Waals surface area contributed by atoms with Crippen LogP contribution in [0.5, 0.6) is 5.75 Å². The van der Waals surface area contributed by atoms with Gasteiger partial charge < -0.3 is 10.1 Å². The Balaban J connectivity index is 1.92. The Hall–Kier alpha value is -1.52. The molecule has 20 heavy (non-hydrogen) atoms. The maximum atomic E-state index is 11.8. The van der Waals surface area contributed by atoms with Crippen molar-refractivity contribution >= 4 is 28.8 Å². The van der Waals surface area contributed by atoms with E-state index in [4.69, 9.17) is 16.3 Å². The first-order valence-electron chi connectivity index (χ1n) is 6.31. The summed E-state index contributed by atoms with van der Waals surface area (Å²) in [5.74, 6) is 0.719. The minimum atomic E-state index is -0.0391. The van der Waals surface area contributed by atoms with Crippen molar-refractivity contribution < 1.29 is 9.53 Å². The third-order valence-corrected chi connectivity index (χ3v) is 3.75. The molecule has 0 saturated carbocycles. The van der Waals surface area contributed by atoms with Gasteiger partial charge in [-0.1, -0.05) is 11.6 Å². The lowest BCUT2D eigenvalue weighted by Crippen LogP contribution is -2.29. The molecule has 3 nitrogen and oxygen atoms in total. The molecule has 2 aromatic rings. The number of thiophene rings is 1. The zero-order chi connectivity index (χ0) is 14.5. The van der Waals surface area contributed by atoms with Crippen molar-refractivity contribution in [3.05, 3.63) is 51.2 Å². The molecule has 0 aliphatic heterocycles. The zero-order valence-corrected chi connectivity index (χ0v) is 12.9. The van der Waals surface area contributed by atoms with Crippen molar-refractivity contribution in [2.75, 3.05) is 0 Å². The number of nitrogens with one attached hydrogen (secondary N) is 1. The SMILES string of the molecule is CC(C)NC(=O)c1cc(COc2ccc(Cl)cc2)cs1. The summed E-state index contributed by atoms with van der Waals surface area (Å²) in [5, 5.41) is 5.49. The van der Waals surface area contributed by atoms with Gasteiger partial charge in [-0.05, 0) is 49.6 Å². The Morgan fingerprint density at radius 3 is 2.70 bits per heavy atom. The summed E-state index contributed by atoms with van der Waals surface area (Å²) in [6, 6.07) is 9.21. The van der Waals surface area contributed by atoms with Crippen molar-refractivity contribution in [1.82, 2.24) is 5.32 Å². The molecule has 1 heterocycles. The predicted octanol–water partition coefficient (Wildman–Crippen LogP) is 4.12. The van der Waals surface area contributed by atoms with Gasteiger partial charge in [0.2, 0.25) is 0 Å². The third-order valence-electron chi connectivity index (χ3n) is 2.52. The molecule has 1 amide bonds. The minimum Gasteiger partial charge on any atom is -0.489 e. The normalized spacial score (nSPS) is 10.6. The van der Waals surface area contributed by atoms with Gasteiger partial charge in [0.15, 0.2) is 0 Å². The number of rotatable bonds is 5. The van der Waals surface area contributed by atoms with Gasteiger partial charge in [-0.25, -0.2) is 0 Å². The van der Waals surface area contributed by atoms with E-state index in [2.05, 4.69) is 5.32 Å². The summed E-state index contributed by atoms with van der Waals surface area (Å²) in [4.78, 5) is 12.5. The molecular weight excluding hydrogens is 294 g/mol. The molecule has 2 rings (SSSR count). The van der Waals surface area contributed by atoms with E-state index in [1.54, 1.807) is 12.1 Å². The highest BCUT2D eigenvalue weighted by atomic mass is 35.5. The average molecular weight is 310 g/mol. The van der Waals surface area contributed by atoms with E-state index in [1.807, 2.05) is 37.4 Å². The van der Waals surface area contributed by atoms with E-state index in [9.17, 15) is 4.79 Å². The van der Waals surface area contributed by atoms with Crippen molar-refractivity contribution in [3.8, 4) is 5.75 Å². The standard InChI is InChI=1S/C15H16ClNO2S/c1-10(2)17-15(18)14-7-11(9-20-14)8-19-13-5-3-12(16)4-6-13/h3-7,9-10H,8H2,1-2H3,(H,17,18). The van der Waals surface area contributed by atoms with Crippen LogP contribution in [0, 0.1) is 0 Å². The van der Waals surface area contributed by atoms with Crippen LogP contribution in [0.15, 0.2) is 35.7 Å². The molecule has 1 aromatic carbocycles. The van der Waals surface area contributed by atoms with E-state index in [0.29, 0.717) is 16.5 Å². The second kappa shape index (κ2) is 6.77. The number of carbonyl (C=O) groups excluding carboxylic acids is 1. The van der Waals surface area contributed by atoms with Crippen molar-refractivity contribution in [2.24, 2.45) is 0 Å². The van der Waals surface area contributed by atoms with Gasteiger partial charge in [0.25, 0.3) is 5.91 Å². The first-order chi connectivity index (χ1) is 9.54. The number of hydrogen-bond acceptors (Lipinski definition) is 3. The van der Waals surface area contributed by atoms with Crippen LogP contribution in [-0.2, 0) is 6.61 Å². The van der Waals surface area contributed by atoms with E-state index >= 15 is 0 Å². The molecule has 0 saturated heterocycles. The summed E-state index contributed by atoms with van der Waals surface area (Å²) in [6.45, 7) is 4.32. The topological polar surface area (TPSA) is 38.3 Å². The smallest absolute Gasteiger partial charge is 0.261 e. The molecule has 0 spiro atoms. The Kier molecular flexibility index (Phi) is 5.04. The molecule has 106 valence electrons. The molecule has 0 radical (unpaired) electrons. The summed E-state index contributed by atoms with van der Waals surface area (Å²) in [5.41, 5.74) is 0.985. The van der Waals surface area contributed by atoms with E-state index < -0.39 is 0 Å². The lowest BCUT2D eigenvalue weighted by molar-refractivity contribution is 0.0947. The van der Waals surface area contributed by atoms with Crippen LogP contribution in [0.4, 0.5) is 0 Å². The average Bonchev–Trinajstić information content (AvgIpc) is 2.86. The highest BCUT2D eigenvalue weighted by molar-refractivity contribution is 7.12. The fraction of sp³-hybridized carbons (Fsp3) is 0.267. The Bertz CT molecular complexity index is 578. The molecule has 5 heteroatoms. The lowest BCUT2D eigenvalue weighted by atomic mass is 10.3. The maximum Gasteiger partial charge on any atom is 0.261 e. The number of hydrogen-bond donors (Lipinski definition) is 1. The van der Waals surface area contributed by atoms with Crippen LogP contribution in [0.2, 0.25) is 5.02 Å². The van der Waals surface area contributed by atoms with Crippen LogP contribution in [-0.4, -0.2) is 11.9 Å². The van der Waals surface area contributed by atoms with Gasteiger partial charge >= 0.3 is 0 Å². The first-order valence-corrected chi connectivity index (χ1v) is 7.57. The summed E-state index contributed by atoms with van der Waals surface area (Å²) in [7, 11) is 0. The Morgan fingerprint density at radius 2 is 2.05 bits per heavy atom. The van der Waals surface area contributed by atoms with Crippen LogP contribution in [0.1, 0.15) is 29.1 Å². The van der Waals surface area contributed by atoms with Crippen LogP contribution >= 0.6 is 22.9 Å². The highest BCUT2D eigenvalue weighted by Gasteiger charge is 2.10. The molecule has 0 fully saturated rings. The van der Waals surface area contributed by atoms with Gasteiger partial charge in [0, 0.05) is 16.6 Å². The lowest BCUT2D eigenvalue weighted by Gasteiger charge is -2.06. The third kappa shape index (κ3) is 4.25. The zero-order valence-electron chi connectivity index (χ0n) is 11.4. The van der Waals surface area contributed by atoms with E-state index in [-0.39, 0.29) is 11.9 Å². The number of ether oxygens (including phenoxy) is 1. The maximum absolute atomic E-state index is 11.8. The fourth-order valence-electron chi connectivity index (χ4n) is 1.60. The largest absolute Gasteiger partial charge is 0.489 e. The minimum absolute atomic E-state index is 0.0391. The molecule has 0 atom stereocenters. The van der Waals surface area contributed by atoms with Gasteiger partial charge in [-0.3, -0.25) is 4.79 Å². The molecule has 0 aliphatic carbocycles. The van der Waals surface area contributed by atoms with Gasteiger partial charge in [0.1, 0.15) is 12.4 Å². The van der Waals surface area contributed by atoms with Crippen molar-refractivity contribution in [2.45, 2.75) is 26.5 Å². The molecular formula is C15H16ClNO2S. The first kappa shape index (κ1) is 14.9. The van der Waals surface area contributed by atoms with Crippen molar-refractivity contribution in [1.29, 1.82) is 0 Å². The summed E-state index contributed by atoms with van der Waals surface area (Å²) in [6.07, 6.45) is 0. The molecule has 0 bridgehead atoms. The predicted molar refractivity (Wildman–Crippen MR) is 82.7 cm³/mol. The van der Waals surface area contributed by atoms with Gasteiger partial charge in [0.05, 0.1) is 4.88 Å². The van der Waals surface area contributed by atoms with Crippen LogP contribution in [0.25, 0.3) is 0 Å². The molecule has 1 aromatic heterocycles. The highest BCUT2D eigenvalue weighted by Crippen LogP contribution is 2.19. The number of carbonyl (C=O) groups is 1. The van der Waals surface area contributed by atoms with E-state index in [1.165, 1.54) is 11.3 Å². The van der Waals surface area contributed by atoms with Crippen LogP contribution < -0.4 is 10.1 Å². The second-order valence-electron chi connectivity index (χ2n) is 4.69. The number of amides is 1. The molecule has 1 N–H and O–H groups in total. The molecule has 0 unspecified atom stereocenters. The second-order valence-corrected chi connectivity index (χ2v) is 6.04. The fourth-order valence-corrected chi connectivity index (χ4v) is 2.53. The van der Waals surface area contributed by atoms with Crippen LogP contribution in [0.3, 0.4) is 0 Å². The summed E-state index contributed by atoms with van der Waals surface area (Å²) < 4.78 is 5.64. The number of halogens is 1. The Labute approximate surface area is 127 Å². The van der Waals surface area contributed by atoms with Gasteiger partial charge in [-0.2, -0.15) is 0 Å². The van der Waals surface area contributed by atoms with Gasteiger partial charge in [-0.15, -0.1) is 11.3 Å².